The molecule has 86 valence electrons. The first-order valence-electron chi connectivity index (χ1n) is 4.55. The molecule has 2 nitrogen and oxygen atoms in total. The van der Waals surface area contributed by atoms with Crippen molar-refractivity contribution in [2.75, 3.05) is 0 Å². The Balaban J connectivity index is 2.90. The minimum atomic E-state index is -4.32. The van der Waals surface area contributed by atoms with Crippen molar-refractivity contribution in [2.45, 2.75) is 18.6 Å². The van der Waals surface area contributed by atoms with Gasteiger partial charge in [-0.25, -0.2) is 0 Å². The maximum Gasteiger partial charge on any atom is 0.416 e. The van der Waals surface area contributed by atoms with Gasteiger partial charge < -0.3 is 0 Å². The molecule has 3 N–H and O–H groups in total. The summed E-state index contributed by atoms with van der Waals surface area (Å²) in [5.41, 5.74) is 2.40. The van der Waals surface area contributed by atoms with Gasteiger partial charge in [-0.15, -0.1) is 12.3 Å². The van der Waals surface area contributed by atoms with E-state index in [1.54, 1.807) is 0 Å². The molecule has 0 aliphatic heterocycles. The van der Waals surface area contributed by atoms with Crippen LogP contribution in [0.4, 0.5) is 13.2 Å². The average molecular weight is 228 g/mol. The predicted octanol–water partition coefficient (Wildman–Crippen LogP) is 2.23. The maximum absolute atomic E-state index is 12.3. The molecule has 0 aliphatic carbocycles. The molecule has 1 atom stereocenters. The molecule has 0 bridgehead atoms. The Kier molecular flexibility index (Phi) is 3.93. The summed E-state index contributed by atoms with van der Waals surface area (Å²) in [6, 6.07) is 4.43. The number of hydrogen-bond acceptors (Lipinski definition) is 2. The lowest BCUT2D eigenvalue weighted by molar-refractivity contribution is -0.137. The Morgan fingerprint density at radius 1 is 1.31 bits per heavy atom. The van der Waals surface area contributed by atoms with Crippen LogP contribution in [-0.2, 0) is 6.18 Å². The first-order chi connectivity index (χ1) is 7.49. The van der Waals surface area contributed by atoms with Crippen LogP contribution in [0.15, 0.2) is 24.3 Å². The van der Waals surface area contributed by atoms with Gasteiger partial charge in [0.15, 0.2) is 0 Å². The Labute approximate surface area is 91.6 Å². The molecule has 5 heteroatoms. The van der Waals surface area contributed by atoms with E-state index in [1.165, 1.54) is 12.1 Å². The van der Waals surface area contributed by atoms with E-state index in [0.717, 1.165) is 12.1 Å². The molecule has 1 rings (SSSR count). The molecule has 0 aliphatic rings. The highest BCUT2D eigenvalue weighted by Crippen LogP contribution is 2.30. The van der Waals surface area contributed by atoms with Crippen molar-refractivity contribution in [3.63, 3.8) is 0 Å². The molecular weight excluding hydrogens is 217 g/mol. The molecule has 0 heterocycles. The maximum atomic E-state index is 12.3. The molecule has 0 saturated heterocycles. The van der Waals surface area contributed by atoms with Crippen LogP contribution >= 0.6 is 0 Å². The third kappa shape index (κ3) is 2.99. The van der Waals surface area contributed by atoms with Gasteiger partial charge in [0.25, 0.3) is 0 Å². The number of halogens is 3. The largest absolute Gasteiger partial charge is 0.416 e. The van der Waals surface area contributed by atoms with Crippen LogP contribution in [0.2, 0.25) is 0 Å². The predicted molar refractivity (Wildman–Crippen MR) is 55.0 cm³/mol. The SMILES string of the molecule is C#CCC(NN)c1ccc(C(F)(F)F)cc1. The molecule has 1 aromatic rings. The second kappa shape index (κ2) is 5.01. The van der Waals surface area contributed by atoms with E-state index in [1.807, 2.05) is 0 Å². The average Bonchev–Trinajstić information content (AvgIpc) is 2.25. The topological polar surface area (TPSA) is 38.0 Å². The van der Waals surface area contributed by atoms with E-state index in [4.69, 9.17) is 12.3 Å². The lowest BCUT2D eigenvalue weighted by Crippen LogP contribution is -2.27. The fraction of sp³-hybridized carbons (Fsp3) is 0.273. The summed E-state index contributed by atoms with van der Waals surface area (Å²) >= 11 is 0. The molecule has 0 radical (unpaired) electrons. The normalized spacial score (nSPS) is 13.2. The zero-order chi connectivity index (χ0) is 12.2. The van der Waals surface area contributed by atoms with Crippen molar-refractivity contribution in [3.8, 4) is 12.3 Å². The minimum Gasteiger partial charge on any atom is -0.271 e. The number of hydrogen-bond donors (Lipinski definition) is 2. The third-order valence-corrected chi connectivity index (χ3v) is 2.16. The van der Waals surface area contributed by atoms with Gasteiger partial charge in [-0.3, -0.25) is 11.3 Å². The molecule has 0 aromatic heterocycles. The highest BCUT2D eigenvalue weighted by atomic mass is 19.4. The zero-order valence-corrected chi connectivity index (χ0v) is 8.38. The Morgan fingerprint density at radius 2 is 1.88 bits per heavy atom. The number of nitrogens with one attached hydrogen (secondary N) is 1. The Hall–Kier alpha value is -1.51. The van der Waals surface area contributed by atoms with Crippen LogP contribution in [0.3, 0.4) is 0 Å². The van der Waals surface area contributed by atoms with E-state index >= 15 is 0 Å². The number of terminal acetylenes is 1. The van der Waals surface area contributed by atoms with Gasteiger partial charge in [0.2, 0.25) is 0 Å². The van der Waals surface area contributed by atoms with E-state index in [-0.39, 0.29) is 6.04 Å². The van der Waals surface area contributed by atoms with Crippen LogP contribution in [0.5, 0.6) is 0 Å². The Morgan fingerprint density at radius 3 is 2.25 bits per heavy atom. The van der Waals surface area contributed by atoms with Gasteiger partial charge in [0.05, 0.1) is 11.6 Å². The molecular formula is C11H11F3N2. The van der Waals surface area contributed by atoms with Gasteiger partial charge in [-0.2, -0.15) is 13.2 Å². The molecule has 1 aromatic carbocycles. The van der Waals surface area contributed by atoms with Crippen molar-refractivity contribution in [1.82, 2.24) is 5.43 Å². The van der Waals surface area contributed by atoms with Crippen molar-refractivity contribution in [2.24, 2.45) is 5.84 Å². The van der Waals surface area contributed by atoms with E-state index in [2.05, 4.69) is 11.3 Å². The second-order valence-electron chi connectivity index (χ2n) is 3.25. The second-order valence-corrected chi connectivity index (χ2v) is 3.25. The monoisotopic (exact) mass is 228 g/mol. The van der Waals surface area contributed by atoms with E-state index in [9.17, 15) is 13.2 Å². The van der Waals surface area contributed by atoms with Gasteiger partial charge in [0.1, 0.15) is 0 Å². The lowest BCUT2D eigenvalue weighted by atomic mass is 10.0. The number of benzene rings is 1. The third-order valence-electron chi connectivity index (χ3n) is 2.16. The van der Waals surface area contributed by atoms with Crippen molar-refractivity contribution in [1.29, 1.82) is 0 Å². The minimum absolute atomic E-state index is 0.321. The highest BCUT2D eigenvalue weighted by Gasteiger charge is 2.30. The van der Waals surface area contributed by atoms with Crippen molar-refractivity contribution >= 4 is 0 Å². The number of hydrazine groups is 1. The smallest absolute Gasteiger partial charge is 0.271 e. The first-order valence-corrected chi connectivity index (χ1v) is 4.55. The van der Waals surface area contributed by atoms with Crippen LogP contribution in [0.25, 0.3) is 0 Å². The molecule has 0 amide bonds. The number of alkyl halides is 3. The van der Waals surface area contributed by atoms with Crippen LogP contribution < -0.4 is 11.3 Å². The molecule has 1 unspecified atom stereocenters. The number of rotatable bonds is 3. The van der Waals surface area contributed by atoms with Gasteiger partial charge in [-0.1, -0.05) is 12.1 Å². The fourth-order valence-corrected chi connectivity index (χ4v) is 1.30. The summed E-state index contributed by atoms with van der Waals surface area (Å²) in [6.07, 6.45) is 1.11. The Bertz CT molecular complexity index is 376. The summed E-state index contributed by atoms with van der Waals surface area (Å²) in [5.74, 6) is 7.64. The van der Waals surface area contributed by atoms with Crippen LogP contribution in [0, 0.1) is 12.3 Å². The molecule has 16 heavy (non-hydrogen) atoms. The summed E-state index contributed by atoms with van der Waals surface area (Å²) < 4.78 is 36.8. The zero-order valence-electron chi connectivity index (χ0n) is 8.38. The fourth-order valence-electron chi connectivity index (χ4n) is 1.30. The molecule has 0 spiro atoms. The quantitative estimate of drug-likeness (QED) is 0.473. The summed E-state index contributed by atoms with van der Waals surface area (Å²) in [7, 11) is 0. The summed E-state index contributed by atoms with van der Waals surface area (Å²) in [6.45, 7) is 0. The lowest BCUT2D eigenvalue weighted by Gasteiger charge is -2.14. The molecule has 0 saturated carbocycles. The van der Waals surface area contributed by atoms with Crippen molar-refractivity contribution < 1.29 is 13.2 Å². The standard InChI is InChI=1S/C11H11F3N2/c1-2-3-10(16-15)8-4-6-9(7-5-8)11(12,13)14/h1,4-7,10,16H,3,15H2. The molecule has 0 fully saturated rings. The van der Waals surface area contributed by atoms with Crippen molar-refractivity contribution in [3.05, 3.63) is 35.4 Å². The van der Waals surface area contributed by atoms with Gasteiger partial charge in [0, 0.05) is 6.42 Å². The number of nitrogens with two attached hydrogens (primary N) is 1. The van der Waals surface area contributed by atoms with Gasteiger partial charge in [-0.05, 0) is 17.7 Å². The highest BCUT2D eigenvalue weighted by molar-refractivity contribution is 5.27. The van der Waals surface area contributed by atoms with E-state index in [0.29, 0.717) is 12.0 Å². The van der Waals surface area contributed by atoms with E-state index < -0.39 is 11.7 Å². The first kappa shape index (κ1) is 12.6. The van der Waals surface area contributed by atoms with Crippen LogP contribution in [-0.4, -0.2) is 0 Å². The van der Waals surface area contributed by atoms with Crippen LogP contribution in [0.1, 0.15) is 23.6 Å². The summed E-state index contributed by atoms with van der Waals surface area (Å²) in [4.78, 5) is 0. The summed E-state index contributed by atoms with van der Waals surface area (Å²) in [5, 5.41) is 0. The van der Waals surface area contributed by atoms with Gasteiger partial charge >= 0.3 is 6.18 Å².